The number of carbonyl (C=O) groups excluding carboxylic acids is 2. The molecule has 358 valence electrons. The minimum atomic E-state index is -4.47. The minimum absolute atomic E-state index is 0.0238. The van der Waals surface area contributed by atoms with E-state index in [2.05, 4.69) is 64.9 Å². The second kappa shape index (κ2) is 30.4. The van der Waals surface area contributed by atoms with E-state index in [1.54, 1.807) is 6.07 Å². The lowest BCUT2D eigenvalue weighted by Crippen LogP contribution is -2.44. The number of halogens is 3. The molecule has 2 saturated heterocycles. The van der Waals surface area contributed by atoms with E-state index in [4.69, 9.17) is 0 Å². The molecular weight excluding hydrogens is 822 g/mol. The number of aryl methyl sites for hydroxylation is 2. The summed E-state index contributed by atoms with van der Waals surface area (Å²) >= 11 is 0. The molecule has 0 aromatic heterocycles. The number of benzene rings is 4. The summed E-state index contributed by atoms with van der Waals surface area (Å²) in [5.74, 6) is -0.315. The molecule has 0 unspecified atom stereocenters. The molecule has 0 spiro atoms. The summed E-state index contributed by atoms with van der Waals surface area (Å²) in [6.45, 7) is 28.8. The molecule has 2 fully saturated rings. The Kier molecular flexibility index (Phi) is 26.3. The van der Waals surface area contributed by atoms with Crippen LogP contribution in [0.4, 0.5) is 24.5 Å². The van der Waals surface area contributed by atoms with E-state index in [9.17, 15) is 22.8 Å². The van der Waals surface area contributed by atoms with E-state index in [1.165, 1.54) is 42.0 Å². The van der Waals surface area contributed by atoms with Gasteiger partial charge in [-0.15, -0.1) is 6.58 Å². The Balaban J connectivity index is 0.000000367. The van der Waals surface area contributed by atoms with Crippen molar-refractivity contribution in [1.82, 2.24) is 19.6 Å². The molecule has 4 aromatic carbocycles. The number of nitrogens with zero attached hydrogens (tertiary/aromatic N) is 4. The average molecular weight is 901 g/mol. The summed E-state index contributed by atoms with van der Waals surface area (Å²) in [5.41, 5.74) is 7.17. The molecule has 11 heteroatoms. The third-order valence-corrected chi connectivity index (χ3v) is 10.6. The van der Waals surface area contributed by atoms with Crippen molar-refractivity contribution >= 4 is 23.2 Å². The van der Waals surface area contributed by atoms with Crippen LogP contribution < -0.4 is 10.6 Å². The van der Waals surface area contributed by atoms with E-state index < -0.39 is 11.7 Å². The molecule has 2 aliphatic rings. The van der Waals surface area contributed by atoms with Crippen molar-refractivity contribution in [3.63, 3.8) is 0 Å². The molecule has 2 amide bonds. The van der Waals surface area contributed by atoms with Crippen LogP contribution in [0.2, 0.25) is 0 Å². The normalized spacial score (nSPS) is 14.4. The molecule has 6 rings (SSSR count). The Morgan fingerprint density at radius 2 is 0.954 bits per heavy atom. The highest BCUT2D eigenvalue weighted by Crippen LogP contribution is 2.34. The smallest absolute Gasteiger partial charge is 0.326 e. The number of anilines is 2. The molecule has 8 nitrogen and oxygen atoms in total. The van der Waals surface area contributed by atoms with E-state index in [0.717, 1.165) is 87.3 Å². The maximum atomic E-state index is 13.6. The lowest BCUT2D eigenvalue weighted by atomic mass is 10.0. The first-order valence-electron chi connectivity index (χ1n) is 23.4. The van der Waals surface area contributed by atoms with Gasteiger partial charge in [-0.05, 0) is 88.3 Å². The third-order valence-electron chi connectivity index (χ3n) is 10.6. The highest BCUT2D eigenvalue weighted by atomic mass is 19.4. The molecule has 2 N–H and O–H groups in total. The number of amides is 2. The zero-order valence-corrected chi connectivity index (χ0v) is 41.2. The number of likely N-dealkylation sites (N-methyl/N-ethyl adjacent to an activating group) is 2. The molecule has 65 heavy (non-hydrogen) atoms. The Hall–Kier alpha value is -4.81. The fourth-order valence-corrected chi connectivity index (χ4v) is 6.81. The second-order valence-electron chi connectivity index (χ2n) is 17.2. The summed E-state index contributed by atoms with van der Waals surface area (Å²) in [7, 11) is 4.18. The summed E-state index contributed by atoms with van der Waals surface area (Å²) in [5, 5.41) is 5.58. The molecule has 0 atom stereocenters. The quantitative estimate of drug-likeness (QED) is 0.138. The van der Waals surface area contributed by atoms with Gasteiger partial charge in [0.2, 0.25) is 11.8 Å². The number of allylic oxidation sites excluding steroid dienone is 1. The zero-order valence-electron chi connectivity index (χ0n) is 41.2. The summed E-state index contributed by atoms with van der Waals surface area (Å²) < 4.78 is 40.9. The van der Waals surface area contributed by atoms with Crippen LogP contribution in [-0.4, -0.2) is 97.9 Å². The van der Waals surface area contributed by atoms with Crippen molar-refractivity contribution in [3.8, 4) is 0 Å². The van der Waals surface area contributed by atoms with E-state index in [1.807, 2.05) is 114 Å². The molecule has 0 bridgehead atoms. The summed E-state index contributed by atoms with van der Waals surface area (Å²) in [4.78, 5) is 33.5. The van der Waals surface area contributed by atoms with Crippen molar-refractivity contribution < 1.29 is 22.8 Å². The molecule has 2 heterocycles. The van der Waals surface area contributed by atoms with Crippen LogP contribution in [0.5, 0.6) is 0 Å². The monoisotopic (exact) mass is 901 g/mol. The fraction of sp³-hybridized carbons (Fsp3) is 0.481. The lowest BCUT2D eigenvalue weighted by molar-refractivity contribution is -0.138. The Morgan fingerprint density at radius 3 is 1.34 bits per heavy atom. The van der Waals surface area contributed by atoms with Gasteiger partial charge in [0.15, 0.2) is 0 Å². The van der Waals surface area contributed by atoms with Crippen molar-refractivity contribution in [2.24, 2.45) is 0 Å². The van der Waals surface area contributed by atoms with E-state index >= 15 is 0 Å². The molecule has 2 aliphatic heterocycles. The molecule has 0 aliphatic carbocycles. The standard InChI is InChI=1S/C22H26F3N3O.C21H27N3O.C5H12.C4H8.C2H6/c1-16-3-5-17(6-4-16)13-21(29)26-19-8-7-18(20(14-19)22(23,24)25)15-28-11-9-27(2)10-12-28;1-17-3-5-18(6-4-17)15-21(25)22-20-9-7-19(8-10-20)16-24-13-11-23(2)12-14-24;1-3-5-4-2;1-4(2)3;1-2/h3-8,14H,9-13,15H2,1-2H3,(H,26,29);3-10H,11-16H2,1-2H3,(H,22,25);3-5H2,1-2H3;1H2,2-3H3;1-2H3. The maximum absolute atomic E-state index is 13.6. The number of nitrogens with one attached hydrogen (secondary N) is 2. The predicted octanol–water partition coefficient (Wildman–Crippen LogP) is 11.7. The number of hydrogen-bond acceptors (Lipinski definition) is 6. The van der Waals surface area contributed by atoms with Gasteiger partial charge >= 0.3 is 6.18 Å². The number of piperazine rings is 2. The molecule has 0 radical (unpaired) electrons. The van der Waals surface area contributed by atoms with Gasteiger partial charge in [-0.3, -0.25) is 19.4 Å². The first-order chi connectivity index (χ1) is 30.9. The van der Waals surface area contributed by atoms with Crippen LogP contribution in [0.3, 0.4) is 0 Å². The SMILES string of the molecule is C=C(C)C.CC.CCCCC.Cc1ccc(CC(=O)Nc2ccc(CN3CCN(C)CC3)c(C(F)(F)F)c2)cc1.Cc1ccc(CC(=O)Nc2ccc(CN3CCN(C)CC3)cc2)cc1. The topological polar surface area (TPSA) is 71.2 Å². The number of rotatable bonds is 12. The van der Waals surface area contributed by atoms with Gasteiger partial charge in [0.25, 0.3) is 0 Å². The number of unbranched alkanes of at least 4 members (excludes halogenated alkanes) is 2. The van der Waals surface area contributed by atoms with Gasteiger partial charge in [0, 0.05) is 76.8 Å². The fourth-order valence-electron chi connectivity index (χ4n) is 6.81. The van der Waals surface area contributed by atoms with Gasteiger partial charge in [-0.25, -0.2) is 0 Å². The van der Waals surface area contributed by atoms with Crippen LogP contribution in [0.15, 0.2) is 103 Å². The molecular formula is C54H79F3N6O2. The molecule has 4 aromatic rings. The van der Waals surface area contributed by atoms with Gasteiger partial charge < -0.3 is 20.4 Å². The minimum Gasteiger partial charge on any atom is -0.326 e. The number of carbonyl (C=O) groups is 2. The van der Waals surface area contributed by atoms with Gasteiger partial charge in [-0.1, -0.05) is 130 Å². The van der Waals surface area contributed by atoms with E-state index in [-0.39, 0.29) is 36.0 Å². The first kappa shape index (κ1) is 56.3. The summed E-state index contributed by atoms with van der Waals surface area (Å²) in [6.07, 6.45) is 0.126. The second-order valence-corrected chi connectivity index (χ2v) is 17.2. The van der Waals surface area contributed by atoms with Crippen LogP contribution in [0.1, 0.15) is 99.7 Å². The van der Waals surface area contributed by atoms with Gasteiger partial charge in [-0.2, -0.15) is 13.2 Å². The Bertz CT molecular complexity index is 1940. The van der Waals surface area contributed by atoms with Crippen LogP contribution in [-0.2, 0) is 41.7 Å². The average Bonchev–Trinajstić information content (AvgIpc) is 3.26. The van der Waals surface area contributed by atoms with E-state index in [0.29, 0.717) is 6.42 Å². The number of alkyl halides is 3. The van der Waals surface area contributed by atoms with Crippen LogP contribution in [0, 0.1) is 13.8 Å². The predicted molar refractivity (Wildman–Crippen MR) is 267 cm³/mol. The van der Waals surface area contributed by atoms with Crippen LogP contribution >= 0.6 is 0 Å². The van der Waals surface area contributed by atoms with Crippen LogP contribution in [0.25, 0.3) is 0 Å². The highest BCUT2D eigenvalue weighted by Gasteiger charge is 2.34. The number of hydrogen-bond donors (Lipinski definition) is 2. The largest absolute Gasteiger partial charge is 0.416 e. The third kappa shape index (κ3) is 23.8. The molecule has 0 saturated carbocycles. The van der Waals surface area contributed by atoms with Crippen molar-refractivity contribution in [2.45, 2.75) is 107 Å². The lowest BCUT2D eigenvalue weighted by Gasteiger charge is -2.33. The Morgan fingerprint density at radius 1 is 0.585 bits per heavy atom. The zero-order chi connectivity index (χ0) is 48.4. The highest BCUT2D eigenvalue weighted by molar-refractivity contribution is 5.93. The Labute approximate surface area is 390 Å². The summed E-state index contributed by atoms with van der Waals surface area (Å²) in [6, 6.07) is 27.9. The van der Waals surface area contributed by atoms with Gasteiger partial charge in [0.1, 0.15) is 0 Å². The van der Waals surface area contributed by atoms with Gasteiger partial charge in [0.05, 0.1) is 18.4 Å². The maximum Gasteiger partial charge on any atom is 0.416 e. The van der Waals surface area contributed by atoms with Crippen molar-refractivity contribution in [1.29, 1.82) is 0 Å². The van der Waals surface area contributed by atoms with Crippen molar-refractivity contribution in [2.75, 3.05) is 77.1 Å². The first-order valence-corrected chi connectivity index (χ1v) is 23.4. The van der Waals surface area contributed by atoms with Crippen molar-refractivity contribution in [3.05, 3.63) is 142 Å².